The van der Waals surface area contributed by atoms with Gasteiger partial charge in [-0.25, -0.2) is 4.98 Å². The number of benzene rings is 2. The number of primary amides is 1. The average Bonchev–Trinajstić information content (AvgIpc) is 3.07. The Labute approximate surface area is 181 Å². The van der Waals surface area contributed by atoms with E-state index in [2.05, 4.69) is 16.4 Å². The molecule has 4 rings (SSSR count). The number of aromatic nitrogens is 1. The molecule has 30 heavy (non-hydrogen) atoms. The van der Waals surface area contributed by atoms with Crippen LogP contribution in [0.15, 0.2) is 48.5 Å². The zero-order chi connectivity index (χ0) is 21.4. The van der Waals surface area contributed by atoms with Gasteiger partial charge in [0.05, 0.1) is 10.2 Å². The molecule has 0 unspecified atom stereocenters. The molecule has 0 bridgehead atoms. The van der Waals surface area contributed by atoms with Crippen molar-refractivity contribution < 1.29 is 4.79 Å². The number of aryl methyl sites for hydroxylation is 1. The van der Waals surface area contributed by atoms with Crippen LogP contribution in [-0.4, -0.2) is 10.9 Å². The second-order valence-electron chi connectivity index (χ2n) is 6.65. The first-order valence-corrected chi connectivity index (χ1v) is 10.1. The van der Waals surface area contributed by atoms with Gasteiger partial charge in [-0.1, -0.05) is 41.9 Å². The molecule has 4 aromatic rings. The molecule has 8 heteroatoms. The number of carbonyl (C=O) groups is 1. The molecule has 0 aliphatic carbocycles. The van der Waals surface area contributed by atoms with Crippen molar-refractivity contribution in [1.29, 1.82) is 5.26 Å². The fourth-order valence-corrected chi connectivity index (χ4v) is 4.63. The third kappa shape index (κ3) is 3.32. The molecular formula is C22H16ClN5OS. The number of pyridine rings is 1. The largest absolute Gasteiger partial charge is 0.383 e. The van der Waals surface area contributed by atoms with Gasteiger partial charge in [0.25, 0.3) is 5.91 Å². The third-order valence-corrected chi connectivity index (χ3v) is 6.10. The number of nitrogens with one attached hydrogen (secondary N) is 1. The van der Waals surface area contributed by atoms with E-state index >= 15 is 0 Å². The maximum absolute atomic E-state index is 12.4. The molecule has 0 radical (unpaired) electrons. The number of nitrogens with two attached hydrogens (primary N) is 2. The van der Waals surface area contributed by atoms with E-state index in [1.807, 2.05) is 31.2 Å². The molecule has 6 nitrogen and oxygen atoms in total. The van der Waals surface area contributed by atoms with E-state index in [1.165, 1.54) is 11.3 Å². The SMILES string of the molecule is Cc1ccccc1Nc1sc2c(-c3ccc(Cl)cc3)c(C#N)c(N)nc2c1C(N)=O. The third-order valence-electron chi connectivity index (χ3n) is 4.73. The van der Waals surface area contributed by atoms with Crippen LogP contribution in [0.25, 0.3) is 21.3 Å². The summed E-state index contributed by atoms with van der Waals surface area (Å²) in [6, 6.07) is 16.9. The van der Waals surface area contributed by atoms with Gasteiger partial charge in [-0.05, 0) is 36.2 Å². The number of hydrogen-bond acceptors (Lipinski definition) is 6. The summed E-state index contributed by atoms with van der Waals surface area (Å²) in [7, 11) is 0. The highest BCUT2D eigenvalue weighted by molar-refractivity contribution is 7.24. The average molecular weight is 434 g/mol. The van der Waals surface area contributed by atoms with Crippen LogP contribution in [0.2, 0.25) is 5.02 Å². The second-order valence-corrected chi connectivity index (χ2v) is 8.11. The number of thiophene rings is 1. The van der Waals surface area contributed by atoms with Crippen molar-refractivity contribution in [3.05, 3.63) is 70.2 Å². The van der Waals surface area contributed by atoms with Crippen LogP contribution < -0.4 is 16.8 Å². The van der Waals surface area contributed by atoms with Crippen LogP contribution in [0, 0.1) is 18.3 Å². The lowest BCUT2D eigenvalue weighted by Crippen LogP contribution is -2.13. The summed E-state index contributed by atoms with van der Waals surface area (Å²) in [6.07, 6.45) is 0. The molecule has 0 saturated carbocycles. The molecule has 0 aliphatic heterocycles. The lowest BCUT2D eigenvalue weighted by Gasteiger charge is -2.09. The maximum Gasteiger partial charge on any atom is 0.253 e. The topological polar surface area (TPSA) is 118 Å². The predicted octanol–water partition coefficient (Wildman–Crippen LogP) is 5.22. The van der Waals surface area contributed by atoms with Gasteiger partial charge in [-0.3, -0.25) is 4.79 Å². The number of nitrogen functional groups attached to an aromatic ring is 1. The van der Waals surface area contributed by atoms with E-state index in [0.717, 1.165) is 16.8 Å². The smallest absolute Gasteiger partial charge is 0.253 e. The Kier molecular flexibility index (Phi) is 5.04. The molecular weight excluding hydrogens is 418 g/mol. The second kappa shape index (κ2) is 7.67. The Morgan fingerprint density at radius 3 is 2.53 bits per heavy atom. The number of nitriles is 1. The molecule has 0 aliphatic rings. The van der Waals surface area contributed by atoms with Gasteiger partial charge in [0.1, 0.15) is 28.0 Å². The molecule has 2 aromatic carbocycles. The van der Waals surface area contributed by atoms with E-state index in [-0.39, 0.29) is 16.9 Å². The number of hydrogen-bond donors (Lipinski definition) is 3. The van der Waals surface area contributed by atoms with Crippen LogP contribution in [0.5, 0.6) is 0 Å². The lowest BCUT2D eigenvalue weighted by atomic mass is 10.00. The van der Waals surface area contributed by atoms with Gasteiger partial charge in [0, 0.05) is 16.3 Å². The standard InChI is InChI=1S/C22H16ClN5OS/c1-11-4-2-3-5-15(11)27-22-17(21(26)29)18-19(30-22)16(14(10-24)20(25)28-18)12-6-8-13(23)9-7-12/h2-9,27H,1H3,(H2,25,28)(H2,26,29). The summed E-state index contributed by atoms with van der Waals surface area (Å²) in [5.41, 5.74) is 15.8. The van der Waals surface area contributed by atoms with E-state index in [4.69, 9.17) is 23.1 Å². The van der Waals surface area contributed by atoms with Gasteiger partial charge in [-0.2, -0.15) is 5.26 Å². The van der Waals surface area contributed by atoms with Crippen molar-refractivity contribution in [2.45, 2.75) is 6.92 Å². The number of para-hydroxylation sites is 1. The summed E-state index contributed by atoms with van der Waals surface area (Å²) < 4.78 is 0.646. The zero-order valence-corrected chi connectivity index (χ0v) is 17.4. The van der Waals surface area contributed by atoms with Crippen molar-refractivity contribution in [3.63, 3.8) is 0 Å². The van der Waals surface area contributed by atoms with Crippen molar-refractivity contribution in [3.8, 4) is 17.2 Å². The lowest BCUT2D eigenvalue weighted by molar-refractivity contribution is 0.100. The summed E-state index contributed by atoms with van der Waals surface area (Å²) in [5.74, 6) is -0.589. The molecule has 2 heterocycles. The zero-order valence-electron chi connectivity index (χ0n) is 15.9. The first-order chi connectivity index (χ1) is 14.4. The molecule has 0 atom stereocenters. The Morgan fingerprint density at radius 2 is 1.90 bits per heavy atom. The summed E-state index contributed by atoms with van der Waals surface area (Å²) >= 11 is 7.33. The number of fused-ring (bicyclic) bond motifs is 1. The number of anilines is 3. The number of amides is 1. The van der Waals surface area contributed by atoms with Gasteiger partial charge >= 0.3 is 0 Å². The van der Waals surface area contributed by atoms with Crippen LogP contribution >= 0.6 is 22.9 Å². The first-order valence-electron chi connectivity index (χ1n) is 8.95. The van der Waals surface area contributed by atoms with E-state index < -0.39 is 5.91 Å². The minimum absolute atomic E-state index is 0.0395. The number of halogens is 1. The molecule has 0 saturated heterocycles. The van der Waals surface area contributed by atoms with Crippen LogP contribution in [0.3, 0.4) is 0 Å². The van der Waals surface area contributed by atoms with Crippen molar-refractivity contribution >= 4 is 55.6 Å². The Morgan fingerprint density at radius 1 is 1.20 bits per heavy atom. The molecule has 2 aromatic heterocycles. The molecule has 0 fully saturated rings. The number of rotatable bonds is 4. The Balaban J connectivity index is 2.04. The highest BCUT2D eigenvalue weighted by Gasteiger charge is 2.25. The van der Waals surface area contributed by atoms with Crippen LogP contribution in [0.1, 0.15) is 21.5 Å². The van der Waals surface area contributed by atoms with Crippen LogP contribution in [0.4, 0.5) is 16.5 Å². The molecule has 0 spiro atoms. The fourth-order valence-electron chi connectivity index (χ4n) is 3.27. The quantitative estimate of drug-likeness (QED) is 0.407. The van der Waals surface area contributed by atoms with E-state index in [1.54, 1.807) is 24.3 Å². The Hall–Kier alpha value is -3.60. The monoisotopic (exact) mass is 433 g/mol. The van der Waals surface area contributed by atoms with E-state index in [0.29, 0.717) is 25.8 Å². The normalized spacial score (nSPS) is 10.7. The summed E-state index contributed by atoms with van der Waals surface area (Å²) in [5, 5.41) is 14.1. The number of nitrogens with zero attached hydrogens (tertiary/aromatic N) is 2. The molecule has 1 amide bonds. The number of carbonyl (C=O) groups excluding carboxylic acids is 1. The minimum Gasteiger partial charge on any atom is -0.383 e. The highest BCUT2D eigenvalue weighted by atomic mass is 35.5. The molecule has 5 N–H and O–H groups in total. The van der Waals surface area contributed by atoms with E-state index in [9.17, 15) is 10.1 Å². The van der Waals surface area contributed by atoms with Crippen molar-refractivity contribution in [2.24, 2.45) is 5.73 Å². The predicted molar refractivity (Wildman–Crippen MR) is 122 cm³/mol. The highest BCUT2D eigenvalue weighted by Crippen LogP contribution is 2.44. The minimum atomic E-state index is -0.629. The summed E-state index contributed by atoms with van der Waals surface area (Å²) in [6.45, 7) is 1.96. The van der Waals surface area contributed by atoms with Crippen molar-refractivity contribution in [2.75, 3.05) is 11.1 Å². The van der Waals surface area contributed by atoms with Gasteiger partial charge in [0.2, 0.25) is 0 Å². The van der Waals surface area contributed by atoms with Gasteiger partial charge in [-0.15, -0.1) is 11.3 Å². The molecule has 148 valence electrons. The Bertz CT molecular complexity index is 1340. The van der Waals surface area contributed by atoms with Gasteiger partial charge < -0.3 is 16.8 Å². The first kappa shape index (κ1) is 19.7. The van der Waals surface area contributed by atoms with Crippen LogP contribution in [-0.2, 0) is 0 Å². The summed E-state index contributed by atoms with van der Waals surface area (Å²) in [4.78, 5) is 16.7. The maximum atomic E-state index is 12.4. The van der Waals surface area contributed by atoms with Gasteiger partial charge in [0.15, 0.2) is 0 Å². The fraction of sp³-hybridized carbons (Fsp3) is 0.0455. The van der Waals surface area contributed by atoms with Crippen molar-refractivity contribution in [1.82, 2.24) is 4.98 Å².